The molecular weight excluding hydrogens is 236 g/mol. The van der Waals surface area contributed by atoms with Crippen molar-refractivity contribution < 1.29 is 9.53 Å². The van der Waals surface area contributed by atoms with E-state index in [1.807, 2.05) is 0 Å². The highest BCUT2D eigenvalue weighted by atomic mass is 16.5. The fraction of sp³-hybridized carbons (Fsp3) is 0.500. The first-order chi connectivity index (χ1) is 8.74. The van der Waals surface area contributed by atoms with Crippen LogP contribution in [0.5, 0.6) is 5.75 Å². The molecular formula is C10H16N6O2. The molecule has 1 amide bonds. The second-order valence-corrected chi connectivity index (χ2v) is 3.93. The Hall–Kier alpha value is -2.09. The summed E-state index contributed by atoms with van der Waals surface area (Å²) in [5, 5.41) is 5.98. The zero-order chi connectivity index (χ0) is 13.0. The van der Waals surface area contributed by atoms with Crippen LogP contribution in [0.15, 0.2) is 6.33 Å². The predicted octanol–water partition coefficient (Wildman–Crippen LogP) is -0.539. The van der Waals surface area contributed by atoms with Crippen LogP contribution >= 0.6 is 0 Å². The van der Waals surface area contributed by atoms with Crippen molar-refractivity contribution in [1.82, 2.24) is 15.3 Å². The number of hydrazine groups is 1. The quantitative estimate of drug-likeness (QED) is 0.411. The normalized spacial score (nSPS) is 18.3. The van der Waals surface area contributed by atoms with Gasteiger partial charge in [0.05, 0.1) is 7.11 Å². The topological polar surface area (TPSA) is 114 Å². The van der Waals surface area contributed by atoms with Gasteiger partial charge in [0.2, 0.25) is 11.7 Å². The molecule has 1 fully saturated rings. The van der Waals surface area contributed by atoms with E-state index in [-0.39, 0.29) is 11.9 Å². The predicted molar refractivity (Wildman–Crippen MR) is 66.0 cm³/mol. The second kappa shape index (κ2) is 5.50. The molecule has 0 aromatic carbocycles. The summed E-state index contributed by atoms with van der Waals surface area (Å²) in [6.07, 6.45) is 2.78. The van der Waals surface area contributed by atoms with Gasteiger partial charge < -0.3 is 20.8 Å². The number of ether oxygens (including phenoxy) is 1. The highest BCUT2D eigenvalue weighted by molar-refractivity contribution is 5.78. The van der Waals surface area contributed by atoms with Gasteiger partial charge in [0, 0.05) is 19.0 Å². The Balaban J connectivity index is 2.02. The van der Waals surface area contributed by atoms with Gasteiger partial charge in [-0.15, -0.1) is 0 Å². The van der Waals surface area contributed by atoms with Gasteiger partial charge in [-0.3, -0.25) is 4.79 Å². The highest BCUT2D eigenvalue weighted by Crippen LogP contribution is 2.28. The second-order valence-electron chi connectivity index (χ2n) is 3.93. The monoisotopic (exact) mass is 252 g/mol. The van der Waals surface area contributed by atoms with Crippen molar-refractivity contribution in [2.45, 2.75) is 18.9 Å². The zero-order valence-electron chi connectivity index (χ0n) is 10.1. The van der Waals surface area contributed by atoms with E-state index >= 15 is 0 Å². The van der Waals surface area contributed by atoms with Gasteiger partial charge in [-0.1, -0.05) is 0 Å². The minimum atomic E-state index is 0.0840. The Morgan fingerprint density at radius 3 is 2.94 bits per heavy atom. The molecule has 5 N–H and O–H groups in total. The van der Waals surface area contributed by atoms with Crippen molar-refractivity contribution in [3.8, 4) is 5.75 Å². The summed E-state index contributed by atoms with van der Waals surface area (Å²) in [5.41, 5.74) is 2.44. The van der Waals surface area contributed by atoms with Gasteiger partial charge >= 0.3 is 0 Å². The SMILES string of the molecule is COc1c(NN)ncnc1NCC1CCC(=O)N1. The van der Waals surface area contributed by atoms with Gasteiger partial charge in [0.25, 0.3) is 0 Å². The number of aromatic nitrogens is 2. The molecule has 8 heteroatoms. The first-order valence-electron chi connectivity index (χ1n) is 5.63. The number of nitrogen functional groups attached to an aromatic ring is 1. The Kier molecular flexibility index (Phi) is 3.78. The van der Waals surface area contributed by atoms with Crippen LogP contribution in [0.25, 0.3) is 0 Å². The number of rotatable bonds is 5. The van der Waals surface area contributed by atoms with Gasteiger partial charge in [-0.05, 0) is 6.42 Å². The van der Waals surface area contributed by atoms with Gasteiger partial charge in [-0.2, -0.15) is 0 Å². The summed E-state index contributed by atoms with van der Waals surface area (Å²) in [6.45, 7) is 0.586. The first-order valence-corrected chi connectivity index (χ1v) is 5.63. The number of carbonyl (C=O) groups excluding carboxylic acids is 1. The maximum Gasteiger partial charge on any atom is 0.220 e. The molecule has 1 atom stereocenters. The number of nitrogens with one attached hydrogen (secondary N) is 3. The minimum absolute atomic E-state index is 0.0840. The van der Waals surface area contributed by atoms with Crippen molar-refractivity contribution >= 4 is 17.5 Å². The molecule has 0 bridgehead atoms. The van der Waals surface area contributed by atoms with Crippen molar-refractivity contribution in [3.05, 3.63) is 6.33 Å². The van der Waals surface area contributed by atoms with Crippen LogP contribution in [-0.4, -0.2) is 35.6 Å². The first kappa shape index (κ1) is 12.4. The summed E-state index contributed by atoms with van der Waals surface area (Å²) < 4.78 is 5.19. The Morgan fingerprint density at radius 2 is 2.33 bits per heavy atom. The number of hydrogen-bond acceptors (Lipinski definition) is 7. The number of anilines is 2. The minimum Gasteiger partial charge on any atom is -0.490 e. The van der Waals surface area contributed by atoms with Crippen LogP contribution in [0.1, 0.15) is 12.8 Å². The average Bonchev–Trinajstić information content (AvgIpc) is 2.81. The summed E-state index contributed by atoms with van der Waals surface area (Å²) in [6, 6.07) is 0.117. The number of amides is 1. The Labute approximate surface area is 104 Å². The van der Waals surface area contributed by atoms with Crippen molar-refractivity contribution in [3.63, 3.8) is 0 Å². The van der Waals surface area contributed by atoms with E-state index in [0.29, 0.717) is 30.4 Å². The van der Waals surface area contributed by atoms with Crippen molar-refractivity contribution in [2.75, 3.05) is 24.4 Å². The van der Waals surface area contributed by atoms with Crippen LogP contribution in [0.2, 0.25) is 0 Å². The van der Waals surface area contributed by atoms with Crippen LogP contribution < -0.4 is 26.6 Å². The largest absolute Gasteiger partial charge is 0.490 e. The van der Waals surface area contributed by atoms with Crippen LogP contribution in [0.4, 0.5) is 11.6 Å². The Bertz CT molecular complexity index is 438. The summed E-state index contributed by atoms with van der Waals surface area (Å²) in [5.74, 6) is 6.81. The maximum absolute atomic E-state index is 11.1. The fourth-order valence-corrected chi connectivity index (χ4v) is 1.85. The summed E-state index contributed by atoms with van der Waals surface area (Å²) in [4.78, 5) is 19.1. The van der Waals surface area contributed by atoms with E-state index in [1.165, 1.54) is 13.4 Å². The molecule has 1 aromatic rings. The molecule has 0 saturated carbocycles. The average molecular weight is 252 g/mol. The molecule has 2 rings (SSSR count). The lowest BCUT2D eigenvalue weighted by Gasteiger charge is -2.15. The summed E-state index contributed by atoms with van der Waals surface area (Å²) >= 11 is 0. The van der Waals surface area contributed by atoms with Gasteiger partial charge in [0.15, 0.2) is 11.6 Å². The third kappa shape index (κ3) is 2.59. The van der Waals surface area contributed by atoms with E-state index in [4.69, 9.17) is 10.6 Å². The van der Waals surface area contributed by atoms with E-state index in [0.717, 1.165) is 6.42 Å². The van der Waals surface area contributed by atoms with E-state index in [1.54, 1.807) is 0 Å². The number of carbonyl (C=O) groups is 1. The highest BCUT2D eigenvalue weighted by Gasteiger charge is 2.21. The smallest absolute Gasteiger partial charge is 0.220 e. The van der Waals surface area contributed by atoms with Crippen molar-refractivity contribution in [1.29, 1.82) is 0 Å². The molecule has 2 heterocycles. The lowest BCUT2D eigenvalue weighted by molar-refractivity contribution is -0.119. The molecule has 0 spiro atoms. The molecule has 1 aliphatic heterocycles. The van der Waals surface area contributed by atoms with Gasteiger partial charge in [0.1, 0.15) is 6.33 Å². The number of methoxy groups -OCH3 is 1. The van der Waals surface area contributed by atoms with E-state index in [2.05, 4.69) is 26.0 Å². The molecule has 1 saturated heterocycles. The lowest BCUT2D eigenvalue weighted by atomic mass is 10.2. The maximum atomic E-state index is 11.1. The molecule has 1 aromatic heterocycles. The van der Waals surface area contributed by atoms with Crippen LogP contribution in [0, 0.1) is 0 Å². The van der Waals surface area contributed by atoms with Crippen LogP contribution in [-0.2, 0) is 4.79 Å². The number of nitrogens with two attached hydrogens (primary N) is 1. The molecule has 0 radical (unpaired) electrons. The van der Waals surface area contributed by atoms with E-state index < -0.39 is 0 Å². The molecule has 1 unspecified atom stereocenters. The van der Waals surface area contributed by atoms with Gasteiger partial charge in [-0.25, -0.2) is 15.8 Å². The molecule has 18 heavy (non-hydrogen) atoms. The number of hydrogen-bond donors (Lipinski definition) is 4. The van der Waals surface area contributed by atoms with Crippen LogP contribution in [0.3, 0.4) is 0 Å². The molecule has 98 valence electrons. The fourth-order valence-electron chi connectivity index (χ4n) is 1.85. The molecule has 8 nitrogen and oxygen atoms in total. The Morgan fingerprint density at radius 1 is 1.56 bits per heavy atom. The third-order valence-corrected chi connectivity index (χ3v) is 2.75. The molecule has 1 aliphatic rings. The lowest BCUT2D eigenvalue weighted by Crippen LogP contribution is -2.32. The third-order valence-electron chi connectivity index (χ3n) is 2.75. The number of nitrogens with zero attached hydrogens (tertiary/aromatic N) is 2. The zero-order valence-corrected chi connectivity index (χ0v) is 10.1. The van der Waals surface area contributed by atoms with E-state index in [9.17, 15) is 4.79 Å². The van der Waals surface area contributed by atoms with Crippen molar-refractivity contribution in [2.24, 2.45) is 5.84 Å². The summed E-state index contributed by atoms with van der Waals surface area (Å²) in [7, 11) is 1.52. The standard InChI is InChI=1S/C10H16N6O2/c1-18-8-9(13-5-14-10(8)16-11)12-4-6-2-3-7(17)15-6/h5-6H,2-4,11H2,1H3,(H,15,17)(H2,12,13,14,16). The molecule has 0 aliphatic carbocycles.